The summed E-state index contributed by atoms with van der Waals surface area (Å²) in [5.41, 5.74) is 1.28. The third kappa shape index (κ3) is 3.60. The number of carbonyl (C=O) groups is 2. The van der Waals surface area contributed by atoms with E-state index in [9.17, 15) is 14.7 Å². The molecule has 1 amide bonds. The highest BCUT2D eigenvalue weighted by Gasteiger charge is 2.13. The molecule has 106 valence electrons. The number of hydrogen-bond acceptors (Lipinski definition) is 3. The fourth-order valence-corrected chi connectivity index (χ4v) is 2.26. The summed E-state index contributed by atoms with van der Waals surface area (Å²) in [5.74, 6) is -1.71. The lowest BCUT2D eigenvalue weighted by Gasteiger charge is -2.13. The predicted octanol–water partition coefficient (Wildman–Crippen LogP) is 2.92. The summed E-state index contributed by atoms with van der Waals surface area (Å²) in [7, 11) is 0. The van der Waals surface area contributed by atoms with E-state index in [0.717, 1.165) is 24.8 Å². The highest BCUT2D eigenvalue weighted by atomic mass is 16.4. The zero-order valence-corrected chi connectivity index (χ0v) is 11.1. The second kappa shape index (κ2) is 6.23. The summed E-state index contributed by atoms with van der Waals surface area (Å²) in [4.78, 5) is 22.8. The van der Waals surface area contributed by atoms with Crippen LogP contribution in [0.2, 0.25) is 0 Å². The van der Waals surface area contributed by atoms with Gasteiger partial charge in [-0.25, -0.2) is 4.79 Å². The molecule has 0 unspecified atom stereocenters. The number of aromatic hydroxyl groups is 1. The minimum Gasteiger partial charge on any atom is -0.507 e. The van der Waals surface area contributed by atoms with Crippen molar-refractivity contribution in [1.82, 2.24) is 0 Å². The Hall–Kier alpha value is -2.30. The van der Waals surface area contributed by atoms with Crippen LogP contribution in [0.15, 0.2) is 29.8 Å². The number of amides is 1. The van der Waals surface area contributed by atoms with Crippen LogP contribution in [-0.2, 0) is 4.79 Å². The van der Waals surface area contributed by atoms with Crippen molar-refractivity contribution in [2.24, 2.45) is 0 Å². The Kier molecular flexibility index (Phi) is 4.40. The van der Waals surface area contributed by atoms with Gasteiger partial charge >= 0.3 is 5.97 Å². The van der Waals surface area contributed by atoms with Gasteiger partial charge in [-0.1, -0.05) is 11.6 Å². The maximum atomic E-state index is 11.9. The molecule has 1 aliphatic carbocycles. The molecule has 0 saturated heterocycles. The quantitative estimate of drug-likeness (QED) is 0.582. The molecule has 1 aliphatic rings. The van der Waals surface area contributed by atoms with E-state index in [1.165, 1.54) is 24.6 Å². The molecule has 0 bridgehead atoms. The van der Waals surface area contributed by atoms with E-state index in [1.807, 2.05) is 0 Å². The highest BCUT2D eigenvalue weighted by molar-refractivity contribution is 5.96. The zero-order chi connectivity index (χ0) is 14.5. The first kappa shape index (κ1) is 14.1. The minimum atomic E-state index is -1.23. The van der Waals surface area contributed by atoms with Crippen LogP contribution in [0, 0.1) is 0 Å². The molecule has 1 aromatic rings. The number of hydrogen-bond donors (Lipinski definition) is 3. The molecule has 1 aromatic carbocycles. The van der Waals surface area contributed by atoms with Crippen molar-refractivity contribution in [3.8, 4) is 5.75 Å². The fourth-order valence-electron chi connectivity index (χ4n) is 2.26. The molecule has 5 heteroatoms. The number of carbonyl (C=O) groups excluding carboxylic acids is 1. The van der Waals surface area contributed by atoms with Crippen LogP contribution in [-0.4, -0.2) is 22.1 Å². The average Bonchev–Trinajstić information content (AvgIpc) is 2.41. The van der Waals surface area contributed by atoms with Gasteiger partial charge in [-0.2, -0.15) is 0 Å². The van der Waals surface area contributed by atoms with Crippen molar-refractivity contribution in [2.75, 3.05) is 5.32 Å². The first-order valence-electron chi connectivity index (χ1n) is 6.60. The summed E-state index contributed by atoms with van der Waals surface area (Å²) in [5, 5.41) is 21.0. The number of carboxylic acids is 1. The summed E-state index contributed by atoms with van der Waals surface area (Å²) in [6.45, 7) is 0. The monoisotopic (exact) mass is 275 g/mol. The maximum Gasteiger partial charge on any atom is 0.339 e. The molecule has 0 fully saturated rings. The second-order valence-electron chi connectivity index (χ2n) is 4.87. The molecule has 0 heterocycles. The topological polar surface area (TPSA) is 86.6 Å². The number of allylic oxidation sites excluding steroid dienone is 1. The predicted molar refractivity (Wildman–Crippen MR) is 74.9 cm³/mol. The molecule has 0 aliphatic heterocycles. The fraction of sp³-hybridized carbons (Fsp3) is 0.333. The van der Waals surface area contributed by atoms with Crippen molar-refractivity contribution >= 4 is 17.6 Å². The highest BCUT2D eigenvalue weighted by Crippen LogP contribution is 2.23. The second-order valence-corrected chi connectivity index (χ2v) is 4.87. The van der Waals surface area contributed by atoms with E-state index in [4.69, 9.17) is 5.11 Å². The average molecular weight is 275 g/mol. The Morgan fingerprint density at radius 2 is 2.05 bits per heavy atom. The Balaban J connectivity index is 2.02. The van der Waals surface area contributed by atoms with Crippen molar-refractivity contribution in [3.05, 3.63) is 35.4 Å². The van der Waals surface area contributed by atoms with Crippen molar-refractivity contribution in [1.29, 1.82) is 0 Å². The summed E-state index contributed by atoms with van der Waals surface area (Å²) in [6, 6.07) is 4.00. The minimum absolute atomic E-state index is 0.167. The number of nitrogens with one attached hydrogen (secondary N) is 1. The van der Waals surface area contributed by atoms with Crippen LogP contribution in [0.25, 0.3) is 0 Å². The lowest BCUT2D eigenvalue weighted by Crippen LogP contribution is -2.13. The van der Waals surface area contributed by atoms with Crippen LogP contribution in [0.4, 0.5) is 5.69 Å². The van der Waals surface area contributed by atoms with Crippen LogP contribution in [0.5, 0.6) is 5.75 Å². The number of aromatic carboxylic acids is 1. The van der Waals surface area contributed by atoms with E-state index in [-0.39, 0.29) is 17.2 Å². The van der Waals surface area contributed by atoms with Gasteiger partial charge in [-0.15, -0.1) is 0 Å². The van der Waals surface area contributed by atoms with Crippen molar-refractivity contribution in [3.63, 3.8) is 0 Å². The number of phenols is 1. The molecular weight excluding hydrogens is 258 g/mol. The molecular formula is C15H17NO4. The summed E-state index contributed by atoms with van der Waals surface area (Å²) in [6.07, 6.45) is 6.69. The first-order valence-corrected chi connectivity index (χ1v) is 6.60. The third-order valence-corrected chi connectivity index (χ3v) is 3.28. The Morgan fingerprint density at radius 3 is 2.70 bits per heavy atom. The molecule has 0 aromatic heterocycles. The smallest absolute Gasteiger partial charge is 0.339 e. The Bertz CT molecular complexity index is 563. The molecule has 2 rings (SSSR count). The van der Waals surface area contributed by atoms with Crippen LogP contribution >= 0.6 is 0 Å². The van der Waals surface area contributed by atoms with E-state index < -0.39 is 5.97 Å². The van der Waals surface area contributed by atoms with E-state index in [2.05, 4.69) is 11.4 Å². The number of anilines is 1. The Morgan fingerprint density at radius 1 is 1.25 bits per heavy atom. The molecule has 3 N–H and O–H groups in total. The molecule has 0 radical (unpaired) electrons. The van der Waals surface area contributed by atoms with Gasteiger partial charge in [0.05, 0.1) is 0 Å². The van der Waals surface area contributed by atoms with Crippen molar-refractivity contribution in [2.45, 2.75) is 32.1 Å². The standard InChI is InChI=1S/C15H17NO4/c17-13-7-6-11(9-12(13)15(19)20)16-14(18)8-10-4-2-1-3-5-10/h4,6-7,9,17H,1-3,5,8H2,(H,16,18)(H,19,20). The molecule has 20 heavy (non-hydrogen) atoms. The first-order chi connectivity index (χ1) is 9.56. The third-order valence-electron chi connectivity index (χ3n) is 3.28. The molecule has 0 saturated carbocycles. The largest absolute Gasteiger partial charge is 0.507 e. The van der Waals surface area contributed by atoms with Crippen LogP contribution in [0.1, 0.15) is 42.5 Å². The van der Waals surface area contributed by atoms with E-state index in [0.29, 0.717) is 12.1 Å². The Labute approximate surface area is 116 Å². The van der Waals surface area contributed by atoms with Gasteiger partial charge < -0.3 is 15.5 Å². The zero-order valence-electron chi connectivity index (χ0n) is 11.1. The number of rotatable bonds is 4. The molecule has 5 nitrogen and oxygen atoms in total. The van der Waals surface area contributed by atoms with Gasteiger partial charge in [0.2, 0.25) is 5.91 Å². The summed E-state index contributed by atoms with van der Waals surface area (Å²) >= 11 is 0. The van der Waals surface area contributed by atoms with Crippen molar-refractivity contribution < 1.29 is 19.8 Å². The lowest BCUT2D eigenvalue weighted by molar-refractivity contribution is -0.115. The van der Waals surface area contributed by atoms with Gasteiger partial charge in [-0.05, 0) is 43.9 Å². The van der Waals surface area contributed by atoms with Gasteiger partial charge in [0.15, 0.2) is 0 Å². The van der Waals surface area contributed by atoms with Crippen LogP contribution < -0.4 is 5.32 Å². The molecule has 0 atom stereocenters. The van der Waals surface area contributed by atoms with Gasteiger partial charge in [-0.3, -0.25) is 4.79 Å². The van der Waals surface area contributed by atoms with Crippen LogP contribution in [0.3, 0.4) is 0 Å². The van der Waals surface area contributed by atoms with Gasteiger partial charge in [0.1, 0.15) is 11.3 Å². The molecule has 0 spiro atoms. The van der Waals surface area contributed by atoms with E-state index >= 15 is 0 Å². The lowest BCUT2D eigenvalue weighted by atomic mass is 9.97. The number of benzene rings is 1. The van der Waals surface area contributed by atoms with Gasteiger partial charge in [0.25, 0.3) is 0 Å². The maximum absolute atomic E-state index is 11.9. The summed E-state index contributed by atoms with van der Waals surface area (Å²) < 4.78 is 0. The number of carboxylic acid groups (broad SMARTS) is 1. The SMILES string of the molecule is O=C(CC1=CCCCC1)Nc1ccc(O)c(C(=O)O)c1. The van der Waals surface area contributed by atoms with Gasteiger partial charge in [0, 0.05) is 12.1 Å². The van der Waals surface area contributed by atoms with E-state index in [1.54, 1.807) is 0 Å². The normalized spacial score (nSPS) is 14.5.